The molecule has 0 spiro atoms. The summed E-state index contributed by atoms with van der Waals surface area (Å²) in [5.74, 6) is 6.42. The van der Waals surface area contributed by atoms with Crippen LogP contribution in [0.15, 0.2) is 60.9 Å². The maximum atomic E-state index is 12.1. The van der Waals surface area contributed by atoms with Crippen molar-refractivity contribution in [1.82, 2.24) is 15.4 Å². The Labute approximate surface area is 175 Å². The van der Waals surface area contributed by atoms with Gasteiger partial charge in [-0.2, -0.15) is 0 Å². The van der Waals surface area contributed by atoms with E-state index in [1.54, 1.807) is 30.0 Å². The first-order chi connectivity index (χ1) is 14.7. The zero-order chi connectivity index (χ0) is 20.8. The van der Waals surface area contributed by atoms with Gasteiger partial charge in [-0.1, -0.05) is 24.0 Å². The van der Waals surface area contributed by atoms with Gasteiger partial charge in [-0.15, -0.1) is 0 Å². The molecule has 1 aliphatic heterocycles. The molecule has 1 fully saturated rings. The lowest BCUT2D eigenvalue weighted by Gasteiger charge is -2.28. The predicted molar refractivity (Wildman–Crippen MR) is 115 cm³/mol. The third-order valence-corrected chi connectivity index (χ3v) is 5.05. The topological polar surface area (TPSA) is 78.3 Å². The van der Waals surface area contributed by atoms with Crippen molar-refractivity contribution in [2.75, 3.05) is 18.0 Å². The molecule has 0 unspecified atom stereocenters. The minimum absolute atomic E-state index is 0.378. The number of nitrogens with zero attached hydrogens (tertiary/aromatic N) is 3. The van der Waals surface area contributed by atoms with E-state index in [9.17, 15) is 4.79 Å². The van der Waals surface area contributed by atoms with Crippen LogP contribution in [0.2, 0.25) is 0 Å². The van der Waals surface area contributed by atoms with Crippen molar-refractivity contribution in [1.29, 1.82) is 0 Å². The predicted octanol–water partition coefficient (Wildman–Crippen LogP) is 3.65. The van der Waals surface area contributed by atoms with Crippen LogP contribution < -0.4 is 10.4 Å². The minimum Gasteiger partial charge on any atom is -0.357 e. The number of carbonyl (C=O) groups excluding carboxylic acids is 1. The Hall–Kier alpha value is -3.69. The summed E-state index contributed by atoms with van der Waals surface area (Å²) >= 11 is 0. The lowest BCUT2D eigenvalue weighted by atomic mass is 10.1. The van der Waals surface area contributed by atoms with Crippen molar-refractivity contribution in [3.8, 4) is 23.1 Å². The fraction of sp³-hybridized carbons (Fsp3) is 0.208. The highest BCUT2D eigenvalue weighted by Gasteiger charge is 2.17. The second kappa shape index (κ2) is 9.21. The molecule has 1 aliphatic rings. The largest absolute Gasteiger partial charge is 0.357 e. The summed E-state index contributed by atoms with van der Waals surface area (Å²) in [6.45, 7) is 1.83. The highest BCUT2D eigenvalue weighted by Crippen LogP contribution is 2.25. The van der Waals surface area contributed by atoms with Gasteiger partial charge < -0.3 is 4.90 Å². The van der Waals surface area contributed by atoms with Crippen molar-refractivity contribution in [3.63, 3.8) is 0 Å². The van der Waals surface area contributed by atoms with Crippen LogP contribution in [0, 0.1) is 11.8 Å². The van der Waals surface area contributed by atoms with Crippen molar-refractivity contribution in [2.24, 2.45) is 0 Å². The number of pyridine rings is 2. The zero-order valence-corrected chi connectivity index (χ0v) is 16.5. The van der Waals surface area contributed by atoms with Crippen LogP contribution in [0.5, 0.6) is 0 Å². The molecule has 3 heterocycles. The summed E-state index contributed by atoms with van der Waals surface area (Å²) in [5.41, 5.74) is 5.40. The van der Waals surface area contributed by atoms with Crippen LogP contribution in [0.25, 0.3) is 11.3 Å². The summed E-state index contributed by atoms with van der Waals surface area (Å²) in [7, 11) is 0. The molecule has 1 amide bonds. The molecule has 6 heteroatoms. The summed E-state index contributed by atoms with van der Waals surface area (Å²) in [6, 6.07) is 14.9. The van der Waals surface area contributed by atoms with Gasteiger partial charge in [0, 0.05) is 47.7 Å². The number of benzene rings is 1. The molecule has 2 N–H and O–H groups in total. The normalized spacial score (nSPS) is 13.3. The van der Waals surface area contributed by atoms with Gasteiger partial charge in [-0.25, -0.2) is 10.5 Å². The molecule has 0 atom stereocenters. The molecule has 4 rings (SSSR count). The van der Waals surface area contributed by atoms with Crippen LogP contribution in [0.3, 0.4) is 0 Å². The second-order valence-electron chi connectivity index (χ2n) is 7.16. The fourth-order valence-electron chi connectivity index (χ4n) is 3.45. The van der Waals surface area contributed by atoms with Crippen LogP contribution in [0.4, 0.5) is 5.82 Å². The Morgan fingerprint density at radius 1 is 1.00 bits per heavy atom. The van der Waals surface area contributed by atoms with Gasteiger partial charge >= 0.3 is 0 Å². The maximum absolute atomic E-state index is 12.1. The molecule has 0 radical (unpaired) electrons. The van der Waals surface area contributed by atoms with E-state index < -0.39 is 5.91 Å². The first kappa shape index (κ1) is 19.6. The van der Waals surface area contributed by atoms with Crippen molar-refractivity contribution in [3.05, 3.63) is 77.6 Å². The molecule has 2 aromatic heterocycles. The second-order valence-corrected chi connectivity index (χ2v) is 7.16. The standard InChI is InChI=1S/C24H22N4O2/c29-24(27-30)21-15-22(26-23(16-21)28-13-2-1-3-14-28)20-10-8-18(9-11-20)6-7-19-5-4-12-25-17-19/h4-5,8-12,15-17,30H,1-3,13-14H2,(H,27,29). The quantitative estimate of drug-likeness (QED) is 0.400. The number of amides is 1. The first-order valence-electron chi connectivity index (χ1n) is 9.97. The number of carbonyl (C=O) groups is 1. The number of hydrogen-bond donors (Lipinski definition) is 2. The van der Waals surface area contributed by atoms with Gasteiger partial charge in [0.15, 0.2) is 0 Å². The summed E-state index contributed by atoms with van der Waals surface area (Å²) < 4.78 is 0. The number of piperidine rings is 1. The average Bonchev–Trinajstić information content (AvgIpc) is 2.83. The molecule has 1 saturated heterocycles. The third-order valence-electron chi connectivity index (χ3n) is 5.05. The summed E-state index contributed by atoms with van der Waals surface area (Å²) in [4.78, 5) is 23.1. The minimum atomic E-state index is -0.545. The smallest absolute Gasteiger partial charge is 0.274 e. The molecule has 3 aromatic rings. The molecular formula is C24H22N4O2. The maximum Gasteiger partial charge on any atom is 0.274 e. The number of rotatable bonds is 3. The van der Waals surface area contributed by atoms with E-state index in [4.69, 9.17) is 10.2 Å². The Kier molecular flexibility index (Phi) is 6.02. The van der Waals surface area contributed by atoms with Crippen molar-refractivity contribution >= 4 is 11.7 Å². The molecule has 0 aliphatic carbocycles. The Morgan fingerprint density at radius 3 is 2.47 bits per heavy atom. The molecule has 30 heavy (non-hydrogen) atoms. The van der Waals surface area contributed by atoms with Gasteiger partial charge in [-0.05, 0) is 55.7 Å². The number of hydroxylamine groups is 1. The molecule has 0 saturated carbocycles. The van der Waals surface area contributed by atoms with Gasteiger partial charge in [0.2, 0.25) is 0 Å². The van der Waals surface area contributed by atoms with Gasteiger partial charge in [0.25, 0.3) is 5.91 Å². The van der Waals surface area contributed by atoms with E-state index in [-0.39, 0.29) is 0 Å². The average molecular weight is 398 g/mol. The lowest BCUT2D eigenvalue weighted by Crippen LogP contribution is -2.30. The van der Waals surface area contributed by atoms with E-state index in [0.717, 1.165) is 48.4 Å². The number of aromatic nitrogens is 2. The van der Waals surface area contributed by atoms with Crippen LogP contribution >= 0.6 is 0 Å². The Bertz CT molecular complexity index is 1080. The third kappa shape index (κ3) is 4.65. The van der Waals surface area contributed by atoms with Crippen molar-refractivity contribution in [2.45, 2.75) is 19.3 Å². The fourth-order valence-corrected chi connectivity index (χ4v) is 3.45. The van der Waals surface area contributed by atoms with Crippen molar-refractivity contribution < 1.29 is 10.0 Å². The number of anilines is 1. The highest BCUT2D eigenvalue weighted by molar-refractivity contribution is 5.95. The molecular weight excluding hydrogens is 376 g/mol. The Balaban J connectivity index is 1.63. The highest BCUT2D eigenvalue weighted by atomic mass is 16.5. The van der Waals surface area contributed by atoms with E-state index >= 15 is 0 Å². The number of hydrogen-bond acceptors (Lipinski definition) is 5. The van der Waals surface area contributed by atoms with E-state index in [0.29, 0.717) is 11.3 Å². The van der Waals surface area contributed by atoms with E-state index in [2.05, 4.69) is 21.7 Å². The first-order valence-corrected chi connectivity index (χ1v) is 9.97. The van der Waals surface area contributed by atoms with E-state index in [1.165, 1.54) is 6.42 Å². The molecule has 150 valence electrons. The summed E-state index contributed by atoms with van der Waals surface area (Å²) in [6.07, 6.45) is 6.87. The number of nitrogens with one attached hydrogen (secondary N) is 1. The van der Waals surface area contributed by atoms with Gasteiger partial charge in [-0.3, -0.25) is 15.0 Å². The molecule has 6 nitrogen and oxygen atoms in total. The zero-order valence-electron chi connectivity index (χ0n) is 16.5. The van der Waals surface area contributed by atoms with Gasteiger partial charge in [0.05, 0.1) is 5.69 Å². The molecule has 0 bridgehead atoms. The SMILES string of the molecule is O=C(NO)c1cc(-c2ccc(C#Cc3cccnc3)cc2)nc(N2CCCCC2)c1. The van der Waals surface area contributed by atoms with Crippen LogP contribution in [0.1, 0.15) is 40.7 Å². The van der Waals surface area contributed by atoms with Gasteiger partial charge in [0.1, 0.15) is 5.82 Å². The van der Waals surface area contributed by atoms with E-state index in [1.807, 2.05) is 36.4 Å². The van der Waals surface area contributed by atoms with Crippen LogP contribution in [-0.2, 0) is 0 Å². The molecule has 1 aromatic carbocycles. The van der Waals surface area contributed by atoms with Crippen LogP contribution in [-0.4, -0.2) is 34.2 Å². The lowest BCUT2D eigenvalue weighted by molar-refractivity contribution is 0.0706. The summed E-state index contributed by atoms with van der Waals surface area (Å²) in [5, 5.41) is 9.09. The Morgan fingerprint density at radius 2 is 1.77 bits per heavy atom. The monoisotopic (exact) mass is 398 g/mol.